The monoisotopic (exact) mass is 331 g/mol. The van der Waals surface area contributed by atoms with Crippen molar-refractivity contribution in [3.63, 3.8) is 0 Å². The molecule has 0 saturated heterocycles. The molecule has 6 heteroatoms. The Morgan fingerprint density at radius 3 is 3.09 bits per heavy atom. The molecule has 0 saturated carbocycles. The van der Waals surface area contributed by atoms with Gasteiger partial charge in [-0.3, -0.25) is 9.69 Å². The fourth-order valence-electron chi connectivity index (χ4n) is 2.80. The number of fused-ring (bicyclic) bond motifs is 1. The first-order valence-electron chi connectivity index (χ1n) is 7.27. The van der Waals surface area contributed by atoms with Crippen LogP contribution in [0.5, 0.6) is 0 Å². The van der Waals surface area contributed by atoms with Crippen LogP contribution in [-0.2, 0) is 11.2 Å². The van der Waals surface area contributed by atoms with Crippen molar-refractivity contribution in [2.75, 3.05) is 18.4 Å². The number of rotatable bonds is 4. The van der Waals surface area contributed by atoms with Crippen molar-refractivity contribution in [1.82, 2.24) is 4.90 Å². The van der Waals surface area contributed by atoms with Gasteiger partial charge in [0, 0.05) is 30.4 Å². The highest BCUT2D eigenvalue weighted by Crippen LogP contribution is 2.32. The topological polar surface area (TPSA) is 56.1 Å². The first-order valence-corrected chi connectivity index (χ1v) is 9.02. The van der Waals surface area contributed by atoms with Gasteiger partial charge in [0.05, 0.1) is 5.56 Å². The number of anilines is 1. The summed E-state index contributed by atoms with van der Waals surface area (Å²) in [5, 5.41) is 16.4. The molecule has 2 aromatic heterocycles. The standard InChI is InChI=1S/C16H17N3OS2/c1-11-13-5-9-21-14(13)2-6-19(11)7-3-15(20)18-16-12(10-17)4-8-22-16/h4-5,8-9,11H,2-3,6-7H2,1H3,(H,18,20). The lowest BCUT2D eigenvalue weighted by atomic mass is 10.0. The molecule has 0 bridgehead atoms. The zero-order valence-corrected chi connectivity index (χ0v) is 14.0. The van der Waals surface area contributed by atoms with Crippen LogP contribution in [0.2, 0.25) is 0 Å². The van der Waals surface area contributed by atoms with E-state index in [4.69, 9.17) is 5.26 Å². The number of thiophene rings is 2. The van der Waals surface area contributed by atoms with E-state index in [1.165, 1.54) is 21.8 Å². The highest BCUT2D eigenvalue weighted by atomic mass is 32.1. The summed E-state index contributed by atoms with van der Waals surface area (Å²) in [7, 11) is 0. The van der Waals surface area contributed by atoms with Crippen LogP contribution in [0, 0.1) is 11.3 Å². The normalized spacial score (nSPS) is 17.7. The van der Waals surface area contributed by atoms with Crippen molar-refractivity contribution in [2.45, 2.75) is 25.8 Å². The summed E-state index contributed by atoms with van der Waals surface area (Å²) >= 11 is 3.22. The minimum atomic E-state index is -0.0257. The molecule has 0 aromatic carbocycles. The maximum Gasteiger partial charge on any atom is 0.226 e. The Bertz CT molecular complexity index is 713. The number of amides is 1. The molecular formula is C16H17N3OS2. The number of nitrogens with one attached hydrogen (secondary N) is 1. The maximum atomic E-state index is 12.1. The van der Waals surface area contributed by atoms with Gasteiger partial charge in [0.2, 0.25) is 5.91 Å². The molecule has 4 nitrogen and oxygen atoms in total. The lowest BCUT2D eigenvalue weighted by Gasteiger charge is -2.33. The van der Waals surface area contributed by atoms with Gasteiger partial charge in [-0.25, -0.2) is 0 Å². The molecule has 22 heavy (non-hydrogen) atoms. The molecule has 1 aliphatic heterocycles. The van der Waals surface area contributed by atoms with Gasteiger partial charge < -0.3 is 5.32 Å². The fraction of sp³-hybridized carbons (Fsp3) is 0.375. The summed E-state index contributed by atoms with van der Waals surface area (Å²) in [6.45, 7) is 3.95. The summed E-state index contributed by atoms with van der Waals surface area (Å²) in [4.78, 5) is 15.9. The van der Waals surface area contributed by atoms with Gasteiger partial charge in [0.25, 0.3) is 0 Å². The van der Waals surface area contributed by atoms with Gasteiger partial charge >= 0.3 is 0 Å². The van der Waals surface area contributed by atoms with E-state index in [2.05, 4.69) is 34.7 Å². The van der Waals surface area contributed by atoms with E-state index >= 15 is 0 Å². The van der Waals surface area contributed by atoms with Crippen molar-refractivity contribution < 1.29 is 4.79 Å². The summed E-state index contributed by atoms with van der Waals surface area (Å²) in [6.07, 6.45) is 1.52. The second-order valence-corrected chi connectivity index (χ2v) is 7.25. The summed E-state index contributed by atoms with van der Waals surface area (Å²) < 4.78 is 0. The van der Waals surface area contributed by atoms with Crippen molar-refractivity contribution in [3.05, 3.63) is 38.9 Å². The van der Waals surface area contributed by atoms with Gasteiger partial charge in [0.15, 0.2) is 0 Å². The van der Waals surface area contributed by atoms with E-state index in [0.29, 0.717) is 23.0 Å². The SMILES string of the molecule is CC1c2ccsc2CCN1CCC(=O)Nc1sccc1C#N. The molecule has 3 rings (SSSR count). The smallest absolute Gasteiger partial charge is 0.226 e. The van der Waals surface area contributed by atoms with Crippen molar-refractivity contribution in [2.24, 2.45) is 0 Å². The largest absolute Gasteiger partial charge is 0.317 e. The average molecular weight is 331 g/mol. The molecule has 1 N–H and O–H groups in total. The number of hydrogen-bond acceptors (Lipinski definition) is 5. The van der Waals surface area contributed by atoms with Crippen LogP contribution >= 0.6 is 22.7 Å². The van der Waals surface area contributed by atoms with Gasteiger partial charge in [-0.15, -0.1) is 22.7 Å². The Labute approximate surface area is 138 Å². The second kappa shape index (κ2) is 6.61. The molecule has 0 radical (unpaired) electrons. The van der Waals surface area contributed by atoms with E-state index < -0.39 is 0 Å². The third-order valence-corrected chi connectivity index (χ3v) is 5.89. The molecule has 0 aliphatic carbocycles. The van der Waals surface area contributed by atoms with Crippen LogP contribution < -0.4 is 5.32 Å². The van der Waals surface area contributed by atoms with Gasteiger partial charge in [-0.1, -0.05) is 0 Å². The quantitative estimate of drug-likeness (QED) is 0.931. The van der Waals surface area contributed by atoms with Crippen molar-refractivity contribution >= 4 is 33.6 Å². The summed E-state index contributed by atoms with van der Waals surface area (Å²) in [5.41, 5.74) is 1.94. The van der Waals surface area contributed by atoms with Crippen molar-refractivity contribution in [3.8, 4) is 6.07 Å². The average Bonchev–Trinajstić information content (AvgIpc) is 3.15. The predicted molar refractivity (Wildman–Crippen MR) is 90.3 cm³/mol. The third-order valence-electron chi connectivity index (χ3n) is 4.07. The second-order valence-electron chi connectivity index (χ2n) is 5.33. The summed E-state index contributed by atoms with van der Waals surface area (Å²) in [6, 6.07) is 6.39. The van der Waals surface area contributed by atoms with Crippen molar-refractivity contribution in [1.29, 1.82) is 5.26 Å². The van der Waals surface area contributed by atoms with Crippen LogP contribution in [0.3, 0.4) is 0 Å². The molecule has 114 valence electrons. The lowest BCUT2D eigenvalue weighted by molar-refractivity contribution is -0.116. The Kier molecular flexibility index (Phi) is 4.57. The number of hydrogen-bond donors (Lipinski definition) is 1. The van der Waals surface area contributed by atoms with Crippen LogP contribution in [0.4, 0.5) is 5.00 Å². The van der Waals surface area contributed by atoms with E-state index in [-0.39, 0.29) is 5.91 Å². The molecule has 1 unspecified atom stereocenters. The maximum absolute atomic E-state index is 12.1. The zero-order valence-electron chi connectivity index (χ0n) is 12.3. The minimum absolute atomic E-state index is 0.0257. The molecule has 3 heterocycles. The molecule has 0 fully saturated rings. The molecule has 1 amide bonds. The van der Waals surface area contributed by atoms with Gasteiger partial charge in [-0.2, -0.15) is 5.26 Å². The molecule has 1 aliphatic rings. The lowest BCUT2D eigenvalue weighted by Crippen LogP contribution is -2.35. The number of carbonyl (C=O) groups is 1. The van der Waals surface area contributed by atoms with Gasteiger partial charge in [-0.05, 0) is 41.8 Å². The number of nitriles is 1. The Balaban J connectivity index is 1.55. The molecular weight excluding hydrogens is 314 g/mol. The predicted octanol–water partition coefficient (Wildman–Crippen LogP) is 3.63. The highest BCUT2D eigenvalue weighted by Gasteiger charge is 2.24. The zero-order chi connectivity index (χ0) is 15.5. The first-order chi connectivity index (χ1) is 10.7. The van der Waals surface area contributed by atoms with Gasteiger partial charge in [0.1, 0.15) is 11.1 Å². The number of carbonyl (C=O) groups excluding carboxylic acids is 1. The number of nitrogens with zero attached hydrogens (tertiary/aromatic N) is 2. The fourth-order valence-corrected chi connectivity index (χ4v) is 4.51. The van der Waals surface area contributed by atoms with E-state index in [9.17, 15) is 4.79 Å². The Morgan fingerprint density at radius 1 is 1.45 bits per heavy atom. The van der Waals surface area contributed by atoms with Crippen LogP contribution in [0.1, 0.15) is 35.4 Å². The van der Waals surface area contributed by atoms with E-state index in [1.807, 2.05) is 16.7 Å². The molecule has 2 aromatic rings. The summed E-state index contributed by atoms with van der Waals surface area (Å²) in [5.74, 6) is -0.0257. The van der Waals surface area contributed by atoms with Crippen LogP contribution in [0.25, 0.3) is 0 Å². The van der Waals surface area contributed by atoms with E-state index in [0.717, 1.165) is 19.5 Å². The third kappa shape index (κ3) is 3.07. The van der Waals surface area contributed by atoms with Crippen LogP contribution in [0.15, 0.2) is 22.9 Å². The minimum Gasteiger partial charge on any atom is -0.317 e. The first kappa shape index (κ1) is 15.2. The van der Waals surface area contributed by atoms with Crippen LogP contribution in [-0.4, -0.2) is 23.9 Å². The Hall–Kier alpha value is -1.68. The Morgan fingerprint density at radius 2 is 2.27 bits per heavy atom. The molecule has 1 atom stereocenters. The molecule has 0 spiro atoms. The highest BCUT2D eigenvalue weighted by molar-refractivity contribution is 7.14. The van der Waals surface area contributed by atoms with E-state index in [1.54, 1.807) is 6.07 Å².